The first-order chi connectivity index (χ1) is 15.8. The molecule has 0 saturated heterocycles. The number of benzene rings is 1. The normalized spacial score (nSPS) is 14.9. The smallest absolute Gasteiger partial charge is 0.295 e. The largest absolute Gasteiger partial charge is 0.416 e. The fourth-order valence-electron chi connectivity index (χ4n) is 3.03. The van der Waals surface area contributed by atoms with E-state index in [1.54, 1.807) is 6.92 Å². The molecule has 0 N–H and O–H groups in total. The number of allylic oxidation sites excluding steroid dienone is 4. The Balaban J connectivity index is 3.47. The van der Waals surface area contributed by atoms with Crippen molar-refractivity contribution in [3.05, 3.63) is 70.3 Å². The molecule has 35 heavy (non-hydrogen) atoms. The highest BCUT2D eigenvalue weighted by molar-refractivity contribution is 5.36. The van der Waals surface area contributed by atoms with Crippen LogP contribution in [0.15, 0.2) is 53.6 Å². The molecule has 0 aliphatic heterocycles. The van der Waals surface area contributed by atoms with Gasteiger partial charge in [0, 0.05) is 19.2 Å². The van der Waals surface area contributed by atoms with Crippen LogP contribution in [0.3, 0.4) is 0 Å². The molecule has 0 aliphatic rings. The summed E-state index contributed by atoms with van der Waals surface area (Å²) in [6, 6.07) is 0.840. The van der Waals surface area contributed by atoms with Crippen LogP contribution in [-0.2, 0) is 18.9 Å². The van der Waals surface area contributed by atoms with Gasteiger partial charge in [-0.25, -0.2) is 0 Å². The topological polar surface area (TPSA) is 3.24 Å². The molecule has 0 heterocycles. The van der Waals surface area contributed by atoms with Crippen molar-refractivity contribution in [2.24, 2.45) is 0 Å². The minimum absolute atomic E-state index is 0.0357. The molecular weight excluding hydrogens is 506 g/mol. The van der Waals surface area contributed by atoms with Crippen LogP contribution in [0, 0.1) is 0 Å². The molecule has 0 radical (unpaired) electrons. The first-order valence-corrected chi connectivity index (χ1v) is 9.97. The van der Waals surface area contributed by atoms with Crippen LogP contribution < -0.4 is 0 Å². The third-order valence-corrected chi connectivity index (χ3v) is 4.47. The molecule has 0 aromatic heterocycles. The van der Waals surface area contributed by atoms with Gasteiger partial charge in [0.05, 0.1) is 16.7 Å². The summed E-state index contributed by atoms with van der Waals surface area (Å²) >= 11 is 0. The van der Waals surface area contributed by atoms with Crippen molar-refractivity contribution in [3.8, 4) is 0 Å². The van der Waals surface area contributed by atoms with E-state index in [0.717, 1.165) is 11.8 Å². The summed E-state index contributed by atoms with van der Waals surface area (Å²) in [7, 11) is 0. The van der Waals surface area contributed by atoms with Gasteiger partial charge in [-0.1, -0.05) is 19.1 Å². The second-order valence-corrected chi connectivity index (χ2v) is 7.46. The van der Waals surface area contributed by atoms with Crippen LogP contribution >= 0.6 is 0 Å². The Morgan fingerprint density at radius 1 is 0.829 bits per heavy atom. The Kier molecular flexibility index (Phi) is 10.1. The van der Waals surface area contributed by atoms with Gasteiger partial charge in [0.1, 0.15) is 0 Å². The van der Waals surface area contributed by atoms with Crippen molar-refractivity contribution < 1.29 is 52.7 Å². The van der Waals surface area contributed by atoms with E-state index < -0.39 is 65.6 Å². The molecule has 0 fully saturated rings. The van der Waals surface area contributed by atoms with Crippen LogP contribution in [0.2, 0.25) is 0 Å². The molecule has 0 unspecified atom stereocenters. The molecule has 198 valence electrons. The second-order valence-electron chi connectivity index (χ2n) is 7.46. The van der Waals surface area contributed by atoms with Crippen LogP contribution in [0.5, 0.6) is 0 Å². The quantitative estimate of drug-likeness (QED) is 0.242. The molecule has 13 heteroatoms. The van der Waals surface area contributed by atoms with E-state index in [-0.39, 0.29) is 25.1 Å². The predicted octanol–water partition coefficient (Wildman–Crippen LogP) is 8.49. The van der Waals surface area contributed by atoms with Crippen LogP contribution in [0.4, 0.5) is 52.7 Å². The van der Waals surface area contributed by atoms with Gasteiger partial charge in [-0.3, -0.25) is 4.90 Å². The zero-order valence-corrected chi connectivity index (χ0v) is 18.4. The molecule has 0 amide bonds. The van der Waals surface area contributed by atoms with Crippen molar-refractivity contribution in [2.75, 3.05) is 13.1 Å². The zero-order chi connectivity index (χ0) is 27.2. The fourth-order valence-corrected chi connectivity index (χ4v) is 3.03. The van der Waals surface area contributed by atoms with Gasteiger partial charge >= 0.3 is 24.7 Å². The Morgan fingerprint density at radius 3 is 1.71 bits per heavy atom. The highest BCUT2D eigenvalue weighted by Crippen LogP contribution is 2.36. The molecule has 0 aliphatic carbocycles. The van der Waals surface area contributed by atoms with Gasteiger partial charge in [0.15, 0.2) is 0 Å². The summed E-state index contributed by atoms with van der Waals surface area (Å²) in [4.78, 5) is 1.16. The minimum Gasteiger partial charge on any atom is -0.295 e. The maximum atomic E-state index is 13.1. The average Bonchev–Trinajstić information content (AvgIpc) is 2.66. The van der Waals surface area contributed by atoms with Gasteiger partial charge in [0.25, 0.3) is 0 Å². The molecular formula is C22H21F12N. The molecule has 0 bridgehead atoms. The third kappa shape index (κ3) is 10.8. The first kappa shape index (κ1) is 30.6. The summed E-state index contributed by atoms with van der Waals surface area (Å²) in [6.45, 7) is 1.35. The van der Waals surface area contributed by atoms with Gasteiger partial charge in [-0.05, 0) is 55.3 Å². The fraction of sp³-hybridized carbons (Fsp3) is 0.455. The lowest BCUT2D eigenvalue weighted by Gasteiger charge is -2.24. The number of halogens is 12. The lowest BCUT2D eigenvalue weighted by atomic mass is 10.0. The lowest BCUT2D eigenvalue weighted by Crippen LogP contribution is -2.27. The summed E-state index contributed by atoms with van der Waals surface area (Å²) < 4.78 is 156. The zero-order valence-electron chi connectivity index (χ0n) is 18.4. The van der Waals surface area contributed by atoms with Crippen molar-refractivity contribution in [2.45, 2.75) is 51.5 Å². The molecule has 0 saturated carbocycles. The highest BCUT2D eigenvalue weighted by atomic mass is 19.4. The predicted molar refractivity (Wildman–Crippen MR) is 105 cm³/mol. The van der Waals surface area contributed by atoms with E-state index in [1.165, 1.54) is 0 Å². The Morgan fingerprint density at radius 2 is 1.34 bits per heavy atom. The molecule has 1 aromatic rings. The van der Waals surface area contributed by atoms with E-state index in [0.29, 0.717) is 30.4 Å². The van der Waals surface area contributed by atoms with E-state index in [1.807, 2.05) is 0 Å². The monoisotopic (exact) mass is 527 g/mol. The van der Waals surface area contributed by atoms with Gasteiger partial charge in [-0.2, -0.15) is 52.7 Å². The summed E-state index contributed by atoms with van der Waals surface area (Å²) in [6.07, 6.45) is -18.6. The number of hydrogen-bond donors (Lipinski definition) is 0. The molecule has 0 spiro atoms. The van der Waals surface area contributed by atoms with Crippen molar-refractivity contribution >= 4 is 0 Å². The highest BCUT2D eigenvalue weighted by Gasteiger charge is 2.37. The average molecular weight is 527 g/mol. The third-order valence-electron chi connectivity index (χ3n) is 4.47. The lowest BCUT2D eigenvalue weighted by molar-refractivity contribution is -0.143. The van der Waals surface area contributed by atoms with Crippen molar-refractivity contribution in [3.63, 3.8) is 0 Å². The number of hydrogen-bond acceptors (Lipinski definition) is 1. The van der Waals surface area contributed by atoms with Crippen LogP contribution in [0.1, 0.15) is 37.0 Å². The van der Waals surface area contributed by atoms with E-state index in [2.05, 4.69) is 0 Å². The van der Waals surface area contributed by atoms with Crippen molar-refractivity contribution in [1.29, 1.82) is 0 Å². The van der Waals surface area contributed by atoms with Gasteiger partial charge in [-0.15, -0.1) is 0 Å². The van der Waals surface area contributed by atoms with Gasteiger partial charge < -0.3 is 0 Å². The Labute approximate surface area is 193 Å². The SMILES string of the molecule is C\C=C(/C=C(\C=C\C(F)(F)F)CN(CCC)Cc1cc(C(F)(F)F)cc(C(F)(F)F)c1)C(F)(F)F. The number of nitrogens with zero attached hydrogens (tertiary/aromatic N) is 1. The first-order valence-electron chi connectivity index (χ1n) is 9.97. The van der Waals surface area contributed by atoms with Gasteiger partial charge in [0.2, 0.25) is 0 Å². The number of rotatable bonds is 8. The van der Waals surface area contributed by atoms with E-state index >= 15 is 0 Å². The van der Waals surface area contributed by atoms with Crippen molar-refractivity contribution in [1.82, 2.24) is 4.90 Å². The number of alkyl halides is 12. The summed E-state index contributed by atoms with van der Waals surface area (Å²) in [5.41, 5.74) is -5.39. The molecule has 1 aromatic carbocycles. The van der Waals surface area contributed by atoms with E-state index in [4.69, 9.17) is 0 Å². The summed E-state index contributed by atoms with van der Waals surface area (Å²) in [5, 5.41) is 0. The Bertz CT molecular complexity index is 895. The Hall–Kier alpha value is -2.44. The minimum atomic E-state index is -5.11. The molecule has 1 nitrogen and oxygen atoms in total. The standard InChI is InChI=1S/C22H21F12N/c1-3-7-35(12-14(5-6-19(23,24)25)8-16(4-2)20(26,27)28)13-15-9-17(21(29,30)31)11-18(10-15)22(32,33)34/h4-6,8-11H,3,7,12-13H2,1-2H3/b6-5+,14-8+,16-4+. The maximum absolute atomic E-state index is 13.1. The second kappa shape index (κ2) is 11.5. The summed E-state index contributed by atoms with van der Waals surface area (Å²) in [5.74, 6) is 0. The molecule has 1 rings (SSSR count). The van der Waals surface area contributed by atoms with Crippen LogP contribution in [0.25, 0.3) is 0 Å². The van der Waals surface area contributed by atoms with Crippen LogP contribution in [-0.4, -0.2) is 30.3 Å². The van der Waals surface area contributed by atoms with E-state index in [9.17, 15) is 52.7 Å². The maximum Gasteiger partial charge on any atom is 0.416 e. The molecule has 0 atom stereocenters.